The number of hydrogen-bond donors (Lipinski definition) is 1. The van der Waals surface area contributed by atoms with Crippen LogP contribution in [0.4, 0.5) is 0 Å². The number of hydrogen-bond acceptors (Lipinski definition) is 3. The summed E-state index contributed by atoms with van der Waals surface area (Å²) in [6.07, 6.45) is 10.4. The van der Waals surface area contributed by atoms with E-state index in [1.807, 2.05) is 0 Å². The molecule has 2 aliphatic heterocycles. The summed E-state index contributed by atoms with van der Waals surface area (Å²) in [5.41, 5.74) is 5.36. The topological polar surface area (TPSA) is 41.6 Å². The van der Waals surface area contributed by atoms with Crippen molar-refractivity contribution in [3.63, 3.8) is 0 Å². The Morgan fingerprint density at radius 1 is 1.04 bits per heavy atom. The van der Waals surface area contributed by atoms with Crippen molar-refractivity contribution in [2.75, 3.05) is 13.2 Å². The summed E-state index contributed by atoms with van der Waals surface area (Å²) in [6.45, 7) is 1.58. The molecule has 0 spiro atoms. The average Bonchev–Trinajstić information content (AvgIpc) is 3.31. The van der Waals surface area contributed by atoms with Gasteiger partial charge in [-0.3, -0.25) is 10.1 Å². The highest BCUT2D eigenvalue weighted by atomic mass is 16.5. The quantitative estimate of drug-likeness (QED) is 0.879. The number of ether oxygens (including phenoxy) is 1. The van der Waals surface area contributed by atoms with Crippen LogP contribution in [-0.2, 0) is 16.0 Å². The van der Waals surface area contributed by atoms with Gasteiger partial charge in [-0.25, -0.2) is 0 Å². The lowest BCUT2D eigenvalue weighted by Crippen LogP contribution is -2.49. The van der Waals surface area contributed by atoms with Crippen molar-refractivity contribution in [2.24, 2.45) is 0 Å². The van der Waals surface area contributed by atoms with E-state index in [0.29, 0.717) is 6.04 Å². The van der Waals surface area contributed by atoms with Gasteiger partial charge in [0.1, 0.15) is 6.17 Å². The highest BCUT2D eigenvalue weighted by Gasteiger charge is 2.42. The number of carbonyl (C=O) groups is 1. The van der Waals surface area contributed by atoms with Crippen molar-refractivity contribution in [3.05, 3.63) is 46.5 Å². The van der Waals surface area contributed by atoms with E-state index in [2.05, 4.69) is 34.5 Å². The zero-order chi connectivity index (χ0) is 18.2. The Bertz CT molecular complexity index is 751. The predicted octanol–water partition coefficient (Wildman–Crippen LogP) is 3.87. The van der Waals surface area contributed by atoms with E-state index in [1.165, 1.54) is 36.0 Å². The monoisotopic (exact) mass is 366 g/mol. The van der Waals surface area contributed by atoms with Crippen molar-refractivity contribution < 1.29 is 9.53 Å². The zero-order valence-corrected chi connectivity index (χ0v) is 16.1. The molecular weight excluding hydrogens is 336 g/mol. The van der Waals surface area contributed by atoms with Crippen LogP contribution in [0.25, 0.3) is 0 Å². The third kappa shape index (κ3) is 3.23. The lowest BCUT2D eigenvalue weighted by Gasteiger charge is -2.35. The van der Waals surface area contributed by atoms with Gasteiger partial charge in [-0.15, -0.1) is 0 Å². The molecule has 27 heavy (non-hydrogen) atoms. The molecule has 1 amide bonds. The fourth-order valence-electron chi connectivity index (χ4n) is 5.46. The number of carbonyl (C=O) groups excluding carboxylic acids is 1. The number of amides is 1. The van der Waals surface area contributed by atoms with Gasteiger partial charge in [0, 0.05) is 24.8 Å². The van der Waals surface area contributed by atoms with Gasteiger partial charge in [-0.05, 0) is 74.5 Å². The fraction of sp³-hybridized carbons (Fsp3) is 0.609. The second-order valence-corrected chi connectivity index (χ2v) is 8.52. The number of rotatable bonds is 4. The summed E-state index contributed by atoms with van der Waals surface area (Å²) >= 11 is 0. The molecule has 3 unspecified atom stereocenters. The summed E-state index contributed by atoms with van der Waals surface area (Å²) in [6, 6.07) is 9.16. The lowest BCUT2D eigenvalue weighted by molar-refractivity contribution is -0.129. The number of nitrogens with one attached hydrogen (secondary N) is 1. The highest BCUT2D eigenvalue weighted by Crippen LogP contribution is 2.38. The van der Waals surface area contributed by atoms with E-state index < -0.39 is 0 Å². The van der Waals surface area contributed by atoms with E-state index in [4.69, 9.17) is 4.74 Å². The average molecular weight is 367 g/mol. The normalized spacial score (nSPS) is 30.6. The lowest BCUT2D eigenvalue weighted by atomic mass is 9.86. The largest absolute Gasteiger partial charge is 0.376 e. The first kappa shape index (κ1) is 17.4. The molecule has 4 nitrogen and oxygen atoms in total. The van der Waals surface area contributed by atoms with Gasteiger partial charge >= 0.3 is 0 Å². The van der Waals surface area contributed by atoms with Crippen LogP contribution in [0.15, 0.2) is 35.4 Å². The minimum atomic E-state index is 0.0631. The Morgan fingerprint density at radius 2 is 1.93 bits per heavy atom. The van der Waals surface area contributed by atoms with Crippen molar-refractivity contribution in [2.45, 2.75) is 76.1 Å². The maximum absolute atomic E-state index is 13.2. The van der Waals surface area contributed by atoms with Crippen LogP contribution in [0.2, 0.25) is 0 Å². The van der Waals surface area contributed by atoms with E-state index in [-0.39, 0.29) is 18.2 Å². The SMILES string of the molecule is O=C1C2=C(CCCC2)C(NC2CCCc3ccccc32)N1CC1CCCO1. The number of fused-ring (bicyclic) bond motifs is 1. The fourth-order valence-corrected chi connectivity index (χ4v) is 5.46. The van der Waals surface area contributed by atoms with Crippen LogP contribution in [0.1, 0.15) is 68.5 Å². The van der Waals surface area contributed by atoms with Crippen molar-refractivity contribution in [1.82, 2.24) is 10.2 Å². The van der Waals surface area contributed by atoms with Gasteiger partial charge in [0.2, 0.25) is 0 Å². The summed E-state index contributed by atoms with van der Waals surface area (Å²) in [4.78, 5) is 15.3. The Balaban J connectivity index is 1.42. The molecule has 2 aliphatic carbocycles. The first-order valence-corrected chi connectivity index (χ1v) is 10.8. The number of aryl methyl sites for hydroxylation is 1. The van der Waals surface area contributed by atoms with Crippen molar-refractivity contribution in [3.8, 4) is 0 Å². The molecule has 0 radical (unpaired) electrons. The van der Waals surface area contributed by atoms with E-state index in [1.54, 1.807) is 0 Å². The first-order valence-electron chi connectivity index (χ1n) is 10.8. The molecule has 1 aromatic carbocycles. The number of nitrogens with zero attached hydrogens (tertiary/aromatic N) is 1. The van der Waals surface area contributed by atoms with E-state index in [0.717, 1.165) is 57.2 Å². The number of benzene rings is 1. The Morgan fingerprint density at radius 3 is 2.81 bits per heavy atom. The van der Waals surface area contributed by atoms with Gasteiger partial charge in [0.15, 0.2) is 0 Å². The molecule has 4 aliphatic rings. The van der Waals surface area contributed by atoms with Crippen molar-refractivity contribution >= 4 is 5.91 Å². The molecule has 1 aromatic rings. The maximum atomic E-state index is 13.2. The van der Waals surface area contributed by atoms with Gasteiger partial charge in [0.05, 0.1) is 6.10 Å². The van der Waals surface area contributed by atoms with Gasteiger partial charge < -0.3 is 9.64 Å². The second-order valence-electron chi connectivity index (χ2n) is 8.52. The minimum Gasteiger partial charge on any atom is -0.376 e. The molecule has 0 saturated carbocycles. The van der Waals surface area contributed by atoms with Gasteiger partial charge in [-0.2, -0.15) is 0 Å². The van der Waals surface area contributed by atoms with Gasteiger partial charge in [0.25, 0.3) is 5.91 Å². The predicted molar refractivity (Wildman–Crippen MR) is 105 cm³/mol. The minimum absolute atomic E-state index is 0.0631. The summed E-state index contributed by atoms with van der Waals surface area (Å²) < 4.78 is 5.87. The van der Waals surface area contributed by atoms with Crippen LogP contribution in [0.5, 0.6) is 0 Å². The molecule has 5 rings (SSSR count). The summed E-state index contributed by atoms with van der Waals surface area (Å²) in [7, 11) is 0. The smallest absolute Gasteiger partial charge is 0.251 e. The molecule has 0 bridgehead atoms. The van der Waals surface area contributed by atoms with Crippen LogP contribution >= 0.6 is 0 Å². The first-order chi connectivity index (χ1) is 13.3. The van der Waals surface area contributed by atoms with Crippen LogP contribution in [0.3, 0.4) is 0 Å². The Labute approximate surface area is 162 Å². The van der Waals surface area contributed by atoms with Gasteiger partial charge in [-0.1, -0.05) is 24.3 Å². The Kier molecular flexibility index (Phi) is 4.78. The molecule has 4 heteroatoms. The summed E-state index contributed by atoms with van der Waals surface area (Å²) in [5, 5.41) is 3.92. The third-order valence-electron chi connectivity index (χ3n) is 6.82. The third-order valence-corrected chi connectivity index (χ3v) is 6.82. The Hall–Kier alpha value is -1.65. The molecule has 3 atom stereocenters. The maximum Gasteiger partial charge on any atom is 0.251 e. The van der Waals surface area contributed by atoms with Crippen molar-refractivity contribution in [1.29, 1.82) is 0 Å². The molecule has 1 N–H and O–H groups in total. The van der Waals surface area contributed by atoms with Crippen LogP contribution < -0.4 is 5.32 Å². The molecule has 144 valence electrons. The second kappa shape index (κ2) is 7.40. The molecule has 1 saturated heterocycles. The van der Waals surface area contributed by atoms with E-state index in [9.17, 15) is 4.79 Å². The van der Waals surface area contributed by atoms with Crippen LogP contribution in [-0.4, -0.2) is 36.2 Å². The zero-order valence-electron chi connectivity index (χ0n) is 16.1. The molecular formula is C23H30N2O2. The van der Waals surface area contributed by atoms with Crippen LogP contribution in [0, 0.1) is 0 Å². The standard InChI is InChI=1S/C23H30N2O2/c26-23-20-12-4-3-11-19(20)22(25(23)15-17-9-6-14-27-17)24-21-13-5-8-16-7-1-2-10-18(16)21/h1-2,7,10,17,21-22,24H,3-6,8-9,11-15H2. The molecule has 2 heterocycles. The summed E-state index contributed by atoms with van der Waals surface area (Å²) in [5.74, 6) is 0.266. The highest BCUT2D eigenvalue weighted by molar-refractivity contribution is 5.97. The molecule has 0 aromatic heterocycles. The molecule has 1 fully saturated rings. The van der Waals surface area contributed by atoms with E-state index >= 15 is 0 Å².